The van der Waals surface area contributed by atoms with Gasteiger partial charge in [0, 0.05) is 28.9 Å². The quantitative estimate of drug-likeness (QED) is 0.432. The molecule has 1 amide bonds. The van der Waals surface area contributed by atoms with Crippen LogP contribution in [0.4, 0.5) is 10.1 Å². The molecule has 1 aromatic rings. The van der Waals surface area contributed by atoms with E-state index in [-0.39, 0.29) is 36.8 Å². The van der Waals surface area contributed by atoms with Gasteiger partial charge < -0.3 is 10.1 Å². The molecule has 152 valence electrons. The number of hydrogen-bond donors (Lipinski definition) is 1. The number of amides is 1. The van der Waals surface area contributed by atoms with Crippen LogP contribution >= 0.6 is 0 Å². The van der Waals surface area contributed by atoms with E-state index in [1.54, 1.807) is 13.8 Å². The summed E-state index contributed by atoms with van der Waals surface area (Å²) in [6.45, 7) is 4.29. The third kappa shape index (κ3) is 5.34. The van der Waals surface area contributed by atoms with Crippen LogP contribution in [0.2, 0.25) is 0 Å². The van der Waals surface area contributed by atoms with Crippen LogP contribution in [-0.2, 0) is 19.1 Å². The average molecular weight is 394 g/mol. The van der Waals surface area contributed by atoms with Gasteiger partial charge in [0.05, 0.1) is 6.42 Å². The topological polar surface area (TPSA) is 116 Å². The van der Waals surface area contributed by atoms with Crippen LogP contribution in [0.25, 0.3) is 0 Å². The standard InChI is InChI=1S/C19H23FN2O6/c1-10-4-5-13(7-16(10)20)21-19(25)12(3)28-18(24)8-14-15(9-22(26)27)11(2)6-17(14)23/h4-5,7,11-12,14-15H,6,8-9H2,1-3H3,(H,21,25)/t11-,12-,14+,15-/m1/s1. The van der Waals surface area contributed by atoms with E-state index >= 15 is 0 Å². The zero-order valence-corrected chi connectivity index (χ0v) is 15.9. The van der Waals surface area contributed by atoms with Crippen molar-refractivity contribution < 1.29 is 28.4 Å². The number of benzene rings is 1. The van der Waals surface area contributed by atoms with Gasteiger partial charge in [0.1, 0.15) is 11.6 Å². The van der Waals surface area contributed by atoms with Gasteiger partial charge in [-0.25, -0.2) is 4.39 Å². The minimum Gasteiger partial charge on any atom is -0.453 e. The molecule has 0 aliphatic heterocycles. The number of rotatable bonds is 7. The number of halogens is 1. The fourth-order valence-corrected chi connectivity index (χ4v) is 3.39. The van der Waals surface area contributed by atoms with Crippen molar-refractivity contribution in [3.63, 3.8) is 0 Å². The average Bonchev–Trinajstić information content (AvgIpc) is 2.84. The number of esters is 1. The van der Waals surface area contributed by atoms with Crippen molar-refractivity contribution in [2.24, 2.45) is 17.8 Å². The van der Waals surface area contributed by atoms with Crippen molar-refractivity contribution >= 4 is 23.3 Å². The smallest absolute Gasteiger partial charge is 0.307 e. The van der Waals surface area contributed by atoms with Gasteiger partial charge >= 0.3 is 5.97 Å². The summed E-state index contributed by atoms with van der Waals surface area (Å²) < 4.78 is 18.6. The van der Waals surface area contributed by atoms with Crippen LogP contribution in [0.1, 0.15) is 32.3 Å². The summed E-state index contributed by atoms with van der Waals surface area (Å²) in [4.78, 5) is 46.7. The fourth-order valence-electron chi connectivity index (χ4n) is 3.39. The summed E-state index contributed by atoms with van der Waals surface area (Å²) >= 11 is 0. The maximum absolute atomic E-state index is 13.5. The monoisotopic (exact) mass is 394 g/mol. The Labute approximate surface area is 161 Å². The molecule has 0 aromatic heterocycles. The molecule has 0 unspecified atom stereocenters. The number of ether oxygens (including phenoxy) is 1. The first-order chi connectivity index (χ1) is 13.1. The zero-order valence-electron chi connectivity index (χ0n) is 15.9. The van der Waals surface area contributed by atoms with E-state index < -0.39 is 40.6 Å². The van der Waals surface area contributed by atoms with Crippen LogP contribution in [0, 0.1) is 40.6 Å². The Morgan fingerprint density at radius 3 is 2.71 bits per heavy atom. The van der Waals surface area contributed by atoms with Crippen LogP contribution in [0.3, 0.4) is 0 Å². The van der Waals surface area contributed by atoms with Gasteiger partial charge in [-0.15, -0.1) is 0 Å². The summed E-state index contributed by atoms with van der Waals surface area (Å²) in [6, 6.07) is 4.18. The molecule has 0 bridgehead atoms. The molecular weight excluding hydrogens is 371 g/mol. The number of carbonyl (C=O) groups is 3. The number of ketones is 1. The van der Waals surface area contributed by atoms with E-state index in [2.05, 4.69) is 5.32 Å². The number of carbonyl (C=O) groups excluding carboxylic acids is 3. The maximum Gasteiger partial charge on any atom is 0.307 e. The summed E-state index contributed by atoms with van der Waals surface area (Å²) in [6.07, 6.45) is -1.29. The minimum absolute atomic E-state index is 0.186. The highest BCUT2D eigenvalue weighted by Gasteiger charge is 2.44. The highest BCUT2D eigenvalue weighted by molar-refractivity contribution is 5.95. The lowest BCUT2D eigenvalue weighted by Gasteiger charge is -2.18. The summed E-state index contributed by atoms with van der Waals surface area (Å²) in [7, 11) is 0. The van der Waals surface area contributed by atoms with Crippen molar-refractivity contribution in [3.8, 4) is 0 Å². The Bertz CT molecular complexity index is 797. The molecule has 0 radical (unpaired) electrons. The molecule has 28 heavy (non-hydrogen) atoms. The molecule has 1 fully saturated rings. The molecule has 4 atom stereocenters. The van der Waals surface area contributed by atoms with Crippen molar-refractivity contribution in [1.29, 1.82) is 0 Å². The number of nitro groups is 1. The number of Topliss-reactive ketones (excluding diaryl/α,β-unsaturated/α-hetero) is 1. The van der Waals surface area contributed by atoms with Crippen molar-refractivity contribution in [2.75, 3.05) is 11.9 Å². The third-order valence-electron chi connectivity index (χ3n) is 5.05. The van der Waals surface area contributed by atoms with E-state index in [9.17, 15) is 28.9 Å². The van der Waals surface area contributed by atoms with E-state index in [1.807, 2.05) is 0 Å². The normalized spacial score (nSPS) is 22.6. The second-order valence-electron chi connectivity index (χ2n) is 7.22. The van der Waals surface area contributed by atoms with Crippen LogP contribution < -0.4 is 5.32 Å². The molecule has 1 saturated carbocycles. The number of hydrogen-bond acceptors (Lipinski definition) is 6. The molecule has 1 aliphatic carbocycles. The molecular formula is C19H23FN2O6. The molecule has 8 nitrogen and oxygen atoms in total. The van der Waals surface area contributed by atoms with Gasteiger partial charge in [-0.2, -0.15) is 0 Å². The van der Waals surface area contributed by atoms with E-state index in [4.69, 9.17) is 4.74 Å². The van der Waals surface area contributed by atoms with Gasteiger partial charge in [0.15, 0.2) is 6.10 Å². The highest BCUT2D eigenvalue weighted by Crippen LogP contribution is 2.36. The van der Waals surface area contributed by atoms with Crippen LogP contribution in [0.5, 0.6) is 0 Å². The molecule has 1 aromatic carbocycles. The predicted molar refractivity (Wildman–Crippen MR) is 97.6 cm³/mol. The molecule has 1 N–H and O–H groups in total. The Morgan fingerprint density at radius 2 is 2.11 bits per heavy atom. The number of anilines is 1. The third-order valence-corrected chi connectivity index (χ3v) is 5.05. The Kier molecular flexibility index (Phi) is 6.82. The fraction of sp³-hybridized carbons (Fsp3) is 0.526. The first kappa shape index (κ1) is 21.5. The van der Waals surface area contributed by atoms with Crippen molar-refractivity contribution in [1.82, 2.24) is 0 Å². The molecule has 0 spiro atoms. The highest BCUT2D eigenvalue weighted by atomic mass is 19.1. The van der Waals surface area contributed by atoms with E-state index in [0.29, 0.717) is 5.56 Å². The summed E-state index contributed by atoms with van der Waals surface area (Å²) in [5.41, 5.74) is 0.652. The molecule has 1 aliphatic rings. The maximum atomic E-state index is 13.5. The minimum atomic E-state index is -1.17. The SMILES string of the molecule is Cc1ccc(NC(=O)[C@@H](C)OC(=O)C[C@@H]2C(=O)C[C@@H](C)[C@H]2C[N+](=O)[O-])cc1F. The van der Waals surface area contributed by atoms with Crippen LogP contribution in [-0.4, -0.2) is 35.2 Å². The van der Waals surface area contributed by atoms with Gasteiger partial charge in [0.25, 0.3) is 5.91 Å². The summed E-state index contributed by atoms with van der Waals surface area (Å²) in [5.74, 6) is -3.61. The predicted octanol–water partition coefficient (Wildman–Crippen LogP) is 2.51. The molecule has 0 heterocycles. The Balaban J connectivity index is 1.93. The first-order valence-corrected chi connectivity index (χ1v) is 8.99. The Morgan fingerprint density at radius 1 is 1.43 bits per heavy atom. The largest absolute Gasteiger partial charge is 0.453 e. The molecule has 9 heteroatoms. The van der Waals surface area contributed by atoms with Gasteiger partial charge in [0.2, 0.25) is 6.54 Å². The lowest BCUT2D eigenvalue weighted by Crippen LogP contribution is -2.32. The molecule has 2 rings (SSSR count). The lowest BCUT2D eigenvalue weighted by atomic mass is 9.88. The number of aryl methyl sites for hydroxylation is 1. The lowest BCUT2D eigenvalue weighted by molar-refractivity contribution is -0.490. The van der Waals surface area contributed by atoms with E-state index in [1.165, 1.54) is 19.1 Å². The first-order valence-electron chi connectivity index (χ1n) is 8.99. The molecule has 0 saturated heterocycles. The van der Waals surface area contributed by atoms with Gasteiger partial charge in [-0.1, -0.05) is 13.0 Å². The summed E-state index contributed by atoms with van der Waals surface area (Å²) in [5, 5.41) is 13.3. The van der Waals surface area contributed by atoms with Gasteiger partial charge in [-0.05, 0) is 37.5 Å². The van der Waals surface area contributed by atoms with Crippen molar-refractivity contribution in [3.05, 3.63) is 39.7 Å². The Hall–Kier alpha value is -2.84. The second kappa shape index (κ2) is 8.90. The van der Waals surface area contributed by atoms with E-state index in [0.717, 1.165) is 6.07 Å². The second-order valence-corrected chi connectivity index (χ2v) is 7.22. The van der Waals surface area contributed by atoms with Crippen molar-refractivity contribution in [2.45, 2.75) is 39.7 Å². The number of nitrogens with zero attached hydrogens (tertiary/aromatic N) is 1. The van der Waals surface area contributed by atoms with Crippen LogP contribution in [0.15, 0.2) is 18.2 Å². The zero-order chi connectivity index (χ0) is 21.0. The van der Waals surface area contributed by atoms with Gasteiger partial charge in [-0.3, -0.25) is 24.5 Å². The number of nitrogens with one attached hydrogen (secondary N) is 1.